The molecule has 0 saturated heterocycles. The Morgan fingerprint density at radius 2 is 2.05 bits per heavy atom. The quantitative estimate of drug-likeness (QED) is 0.872. The normalized spacial score (nSPS) is 16.4. The second-order valence-electron chi connectivity index (χ2n) is 4.82. The molecule has 1 heterocycles. The van der Waals surface area contributed by atoms with Crippen molar-refractivity contribution >= 4 is 17.2 Å². The van der Waals surface area contributed by atoms with Crippen LogP contribution in [-0.4, -0.2) is 22.3 Å². The fourth-order valence-electron chi connectivity index (χ4n) is 2.12. The number of aryl methyl sites for hydroxylation is 2. The Bertz CT molecular complexity index is 531. The Morgan fingerprint density at radius 1 is 1.40 bits per heavy atom. The monoisotopic (exact) mass is 304 g/mol. The molecule has 0 spiro atoms. The highest BCUT2D eigenvalue weighted by molar-refractivity contribution is 7.80. The SMILES string of the molecule is CC(Oc1nc2c(cc1C(N)=S)CCCC2)C(F)(F)F. The van der Waals surface area contributed by atoms with Crippen LogP contribution in [0.15, 0.2) is 6.07 Å². The smallest absolute Gasteiger partial charge is 0.425 e. The summed E-state index contributed by atoms with van der Waals surface area (Å²) < 4.78 is 42.7. The van der Waals surface area contributed by atoms with E-state index in [-0.39, 0.29) is 16.4 Å². The van der Waals surface area contributed by atoms with Crippen molar-refractivity contribution in [1.29, 1.82) is 0 Å². The molecule has 0 amide bonds. The highest BCUT2D eigenvalue weighted by Crippen LogP contribution is 2.29. The molecule has 20 heavy (non-hydrogen) atoms. The minimum absolute atomic E-state index is 0.00440. The predicted molar refractivity (Wildman–Crippen MR) is 72.9 cm³/mol. The molecule has 1 atom stereocenters. The zero-order valence-electron chi connectivity index (χ0n) is 11.0. The van der Waals surface area contributed by atoms with Crippen LogP contribution >= 0.6 is 12.2 Å². The van der Waals surface area contributed by atoms with Crippen molar-refractivity contribution in [2.75, 3.05) is 0 Å². The van der Waals surface area contributed by atoms with E-state index in [9.17, 15) is 13.2 Å². The number of thiocarbonyl (C=S) groups is 1. The maximum Gasteiger partial charge on any atom is 0.425 e. The minimum atomic E-state index is -4.45. The average Bonchev–Trinajstić information content (AvgIpc) is 2.36. The number of fused-ring (bicyclic) bond motifs is 1. The van der Waals surface area contributed by atoms with Crippen LogP contribution in [0.4, 0.5) is 13.2 Å². The average molecular weight is 304 g/mol. The van der Waals surface area contributed by atoms with Crippen LogP contribution in [0.2, 0.25) is 0 Å². The molecule has 0 bridgehead atoms. The molecule has 0 radical (unpaired) electrons. The number of alkyl halides is 3. The van der Waals surface area contributed by atoms with Crippen molar-refractivity contribution in [2.24, 2.45) is 5.73 Å². The lowest BCUT2D eigenvalue weighted by molar-refractivity contribution is -0.190. The van der Waals surface area contributed by atoms with E-state index in [1.807, 2.05) is 0 Å². The van der Waals surface area contributed by atoms with Crippen molar-refractivity contribution in [1.82, 2.24) is 4.98 Å². The molecule has 1 aromatic rings. The number of aromatic nitrogens is 1. The van der Waals surface area contributed by atoms with Crippen LogP contribution in [0, 0.1) is 0 Å². The summed E-state index contributed by atoms with van der Waals surface area (Å²) >= 11 is 4.88. The topological polar surface area (TPSA) is 48.1 Å². The fraction of sp³-hybridized carbons (Fsp3) is 0.538. The Morgan fingerprint density at radius 3 is 2.65 bits per heavy atom. The van der Waals surface area contributed by atoms with Gasteiger partial charge in [-0.3, -0.25) is 0 Å². The molecule has 2 rings (SSSR count). The van der Waals surface area contributed by atoms with Gasteiger partial charge in [-0.2, -0.15) is 13.2 Å². The first-order valence-corrected chi connectivity index (χ1v) is 6.76. The lowest BCUT2D eigenvalue weighted by Gasteiger charge is -2.22. The number of ether oxygens (including phenoxy) is 1. The maximum absolute atomic E-state index is 12.6. The van der Waals surface area contributed by atoms with E-state index in [4.69, 9.17) is 22.7 Å². The number of pyridine rings is 1. The van der Waals surface area contributed by atoms with Gasteiger partial charge in [0.2, 0.25) is 5.88 Å². The first-order valence-electron chi connectivity index (χ1n) is 6.35. The summed E-state index contributed by atoms with van der Waals surface area (Å²) in [6, 6.07) is 1.71. The van der Waals surface area contributed by atoms with Gasteiger partial charge >= 0.3 is 6.18 Å². The van der Waals surface area contributed by atoms with E-state index in [0.717, 1.165) is 43.9 Å². The highest BCUT2D eigenvalue weighted by atomic mass is 32.1. The highest BCUT2D eigenvalue weighted by Gasteiger charge is 2.39. The van der Waals surface area contributed by atoms with Gasteiger partial charge in [-0.25, -0.2) is 4.98 Å². The zero-order chi connectivity index (χ0) is 14.9. The van der Waals surface area contributed by atoms with E-state index in [2.05, 4.69) is 4.98 Å². The van der Waals surface area contributed by atoms with Crippen LogP contribution in [0.25, 0.3) is 0 Å². The van der Waals surface area contributed by atoms with Crippen molar-refractivity contribution in [3.63, 3.8) is 0 Å². The standard InChI is InChI=1S/C13H15F3N2OS/c1-7(13(14,15)16)19-12-9(11(17)20)6-8-4-2-3-5-10(8)18-12/h6-7H,2-5H2,1H3,(H2,17,20). The molecule has 1 aliphatic carbocycles. The number of hydrogen-bond acceptors (Lipinski definition) is 3. The van der Waals surface area contributed by atoms with Crippen molar-refractivity contribution in [2.45, 2.75) is 44.9 Å². The lowest BCUT2D eigenvalue weighted by atomic mass is 9.95. The third-order valence-corrected chi connectivity index (χ3v) is 3.50. The van der Waals surface area contributed by atoms with Crippen LogP contribution in [0.1, 0.15) is 36.6 Å². The van der Waals surface area contributed by atoms with Gasteiger partial charge in [-0.15, -0.1) is 0 Å². The van der Waals surface area contributed by atoms with Gasteiger partial charge < -0.3 is 10.5 Å². The molecule has 0 saturated carbocycles. The van der Waals surface area contributed by atoms with Crippen molar-refractivity contribution in [3.8, 4) is 5.88 Å². The zero-order valence-corrected chi connectivity index (χ0v) is 11.8. The van der Waals surface area contributed by atoms with Crippen molar-refractivity contribution < 1.29 is 17.9 Å². The van der Waals surface area contributed by atoms with Gasteiger partial charge in [0.15, 0.2) is 6.10 Å². The second kappa shape index (κ2) is 5.55. The summed E-state index contributed by atoms with van der Waals surface area (Å²) in [5.74, 6) is -0.122. The number of hydrogen-bond donors (Lipinski definition) is 1. The summed E-state index contributed by atoms with van der Waals surface area (Å²) in [4.78, 5) is 4.19. The second-order valence-corrected chi connectivity index (χ2v) is 5.26. The van der Waals surface area contributed by atoms with E-state index in [1.165, 1.54) is 0 Å². The van der Waals surface area contributed by atoms with Crippen LogP contribution in [0.3, 0.4) is 0 Å². The summed E-state index contributed by atoms with van der Waals surface area (Å²) in [7, 11) is 0. The Kier molecular flexibility index (Phi) is 4.17. The Hall–Kier alpha value is -1.37. The fourth-order valence-corrected chi connectivity index (χ4v) is 2.26. The van der Waals surface area contributed by atoms with E-state index >= 15 is 0 Å². The predicted octanol–water partition coefficient (Wildman–Crippen LogP) is 2.92. The molecule has 110 valence electrons. The number of nitrogens with two attached hydrogens (primary N) is 1. The Balaban J connectivity index is 2.37. The van der Waals surface area contributed by atoms with Gasteiger partial charge in [0, 0.05) is 5.69 Å². The Labute approximate surface area is 120 Å². The third-order valence-electron chi connectivity index (χ3n) is 3.28. The lowest BCUT2D eigenvalue weighted by Crippen LogP contribution is -2.32. The molecule has 1 unspecified atom stereocenters. The minimum Gasteiger partial charge on any atom is -0.464 e. The molecule has 3 nitrogen and oxygen atoms in total. The first kappa shape index (κ1) is 15.0. The number of nitrogens with zero attached hydrogens (tertiary/aromatic N) is 1. The summed E-state index contributed by atoms with van der Waals surface area (Å²) in [5.41, 5.74) is 7.61. The number of rotatable bonds is 3. The van der Waals surface area contributed by atoms with Gasteiger partial charge in [0.05, 0.1) is 5.56 Å². The largest absolute Gasteiger partial charge is 0.464 e. The van der Waals surface area contributed by atoms with Crippen molar-refractivity contribution in [3.05, 3.63) is 22.9 Å². The summed E-state index contributed by atoms with van der Waals surface area (Å²) in [5, 5.41) is 0. The van der Waals surface area contributed by atoms with Gasteiger partial charge in [0.25, 0.3) is 0 Å². The van der Waals surface area contributed by atoms with E-state index < -0.39 is 12.3 Å². The van der Waals surface area contributed by atoms with E-state index in [0.29, 0.717) is 0 Å². The van der Waals surface area contributed by atoms with Gasteiger partial charge in [0.1, 0.15) is 4.99 Å². The molecular weight excluding hydrogens is 289 g/mol. The third kappa shape index (κ3) is 3.20. The van der Waals surface area contributed by atoms with E-state index in [1.54, 1.807) is 6.07 Å². The van der Waals surface area contributed by atoms with Crippen LogP contribution in [0.5, 0.6) is 5.88 Å². The van der Waals surface area contributed by atoms with Crippen LogP contribution in [-0.2, 0) is 12.8 Å². The summed E-state index contributed by atoms with van der Waals surface area (Å²) in [6.45, 7) is 0.935. The molecule has 1 aromatic heterocycles. The summed E-state index contributed by atoms with van der Waals surface area (Å²) in [6.07, 6.45) is -2.82. The molecule has 0 fully saturated rings. The molecule has 7 heteroatoms. The first-order chi connectivity index (χ1) is 9.29. The molecule has 1 aliphatic rings. The molecule has 0 aliphatic heterocycles. The maximum atomic E-state index is 12.6. The number of halogens is 3. The van der Waals surface area contributed by atoms with Crippen LogP contribution < -0.4 is 10.5 Å². The molecule has 0 aromatic carbocycles. The molecule has 2 N–H and O–H groups in total. The van der Waals surface area contributed by atoms with Gasteiger partial charge in [-0.1, -0.05) is 12.2 Å². The van der Waals surface area contributed by atoms with Gasteiger partial charge in [-0.05, 0) is 44.2 Å². The molecular formula is C13H15F3N2OS.